The van der Waals surface area contributed by atoms with Crippen molar-refractivity contribution in [2.45, 2.75) is 32.6 Å². The van der Waals surface area contributed by atoms with Crippen LogP contribution in [0, 0.1) is 12.7 Å². The van der Waals surface area contributed by atoms with Crippen molar-refractivity contribution in [3.05, 3.63) is 88.3 Å². The van der Waals surface area contributed by atoms with Crippen molar-refractivity contribution in [1.82, 2.24) is 15.3 Å². The molecule has 0 fully saturated rings. The van der Waals surface area contributed by atoms with Crippen molar-refractivity contribution in [2.24, 2.45) is 5.16 Å². The Kier molecular flexibility index (Phi) is 8.78. The minimum Gasteiger partial charge on any atom is -0.494 e. The van der Waals surface area contributed by atoms with Gasteiger partial charge in [-0.15, -0.1) is 0 Å². The molecule has 1 aliphatic heterocycles. The van der Waals surface area contributed by atoms with Crippen molar-refractivity contribution in [1.29, 1.82) is 0 Å². The van der Waals surface area contributed by atoms with Crippen molar-refractivity contribution in [3.8, 4) is 5.75 Å². The van der Waals surface area contributed by atoms with Crippen LogP contribution < -0.4 is 10.1 Å². The second-order valence-electron chi connectivity index (χ2n) is 7.58. The monoisotopic (exact) mass is 466 g/mol. The zero-order valence-electron chi connectivity index (χ0n) is 19.3. The van der Waals surface area contributed by atoms with E-state index in [9.17, 15) is 9.18 Å². The predicted molar refractivity (Wildman–Crippen MR) is 125 cm³/mol. The number of hydrogen-bond acceptors (Lipinski definition) is 8. The van der Waals surface area contributed by atoms with Gasteiger partial charge >= 0.3 is 0 Å². The first-order valence-corrected chi connectivity index (χ1v) is 10.7. The number of halogens is 1. The fourth-order valence-corrected chi connectivity index (χ4v) is 3.36. The van der Waals surface area contributed by atoms with Gasteiger partial charge in [-0.1, -0.05) is 35.5 Å². The molecular formula is C25H27FN4O4. The number of carbonyl (C=O) groups is 1. The Morgan fingerprint density at radius 1 is 1.18 bits per heavy atom. The van der Waals surface area contributed by atoms with Crippen LogP contribution in [0.15, 0.2) is 53.7 Å². The molecule has 1 aromatic heterocycles. The number of methoxy groups -OCH3 is 1. The van der Waals surface area contributed by atoms with Crippen LogP contribution in [0.3, 0.4) is 0 Å². The Labute approximate surface area is 197 Å². The van der Waals surface area contributed by atoms with E-state index < -0.39 is 0 Å². The number of nitrogens with one attached hydrogen (secondary N) is 1. The molecule has 0 bridgehead atoms. The summed E-state index contributed by atoms with van der Waals surface area (Å²) in [5.74, 6) is 0.498. The van der Waals surface area contributed by atoms with Crippen molar-refractivity contribution in [3.63, 3.8) is 0 Å². The highest BCUT2D eigenvalue weighted by molar-refractivity contribution is 6.00. The minimum atomic E-state index is -0.322. The number of aldehydes is 1. The van der Waals surface area contributed by atoms with E-state index >= 15 is 0 Å². The molecule has 1 aliphatic rings. The van der Waals surface area contributed by atoms with Gasteiger partial charge < -0.3 is 20.0 Å². The summed E-state index contributed by atoms with van der Waals surface area (Å²) in [6, 6.07) is 14.0. The first-order chi connectivity index (χ1) is 16.5. The molecular weight excluding hydrogens is 439 g/mol. The molecule has 8 nitrogen and oxygen atoms in total. The fourth-order valence-electron chi connectivity index (χ4n) is 3.36. The third-order valence-electron chi connectivity index (χ3n) is 5.07. The van der Waals surface area contributed by atoms with E-state index in [4.69, 9.17) is 14.7 Å². The molecule has 0 saturated heterocycles. The maximum atomic E-state index is 12.9. The first kappa shape index (κ1) is 24.9. The van der Waals surface area contributed by atoms with Gasteiger partial charge in [0.2, 0.25) is 0 Å². The van der Waals surface area contributed by atoms with Gasteiger partial charge in [-0.3, -0.25) is 4.79 Å². The van der Waals surface area contributed by atoms with Gasteiger partial charge in [0.05, 0.1) is 19.4 Å². The Hall–Kier alpha value is -3.69. The molecule has 0 saturated carbocycles. The highest BCUT2D eigenvalue weighted by Crippen LogP contribution is 2.29. The van der Waals surface area contributed by atoms with Gasteiger partial charge in [0.15, 0.2) is 24.0 Å². The van der Waals surface area contributed by atoms with Crippen molar-refractivity contribution in [2.75, 3.05) is 14.2 Å². The fraction of sp³-hybridized carbons (Fsp3) is 0.280. The average molecular weight is 467 g/mol. The predicted octanol–water partition coefficient (Wildman–Crippen LogP) is 3.51. The molecule has 3 aromatic rings. The van der Waals surface area contributed by atoms with Gasteiger partial charge in [-0.25, -0.2) is 14.4 Å². The van der Waals surface area contributed by atoms with Gasteiger partial charge in [0, 0.05) is 13.0 Å². The van der Waals surface area contributed by atoms with Crippen LogP contribution in [0.4, 0.5) is 4.39 Å². The second kappa shape index (κ2) is 12.0. The van der Waals surface area contributed by atoms with Crippen LogP contribution in [-0.4, -0.2) is 41.2 Å². The molecule has 0 spiro atoms. The number of hydrogen-bond donors (Lipinski definition) is 2. The van der Waals surface area contributed by atoms with Gasteiger partial charge in [-0.2, -0.15) is 0 Å². The maximum absolute atomic E-state index is 12.9. The third-order valence-corrected chi connectivity index (χ3v) is 5.07. The molecule has 178 valence electrons. The van der Waals surface area contributed by atoms with E-state index in [2.05, 4.69) is 20.4 Å². The lowest BCUT2D eigenvalue weighted by molar-refractivity contribution is 0.0857. The summed E-state index contributed by atoms with van der Waals surface area (Å²) >= 11 is 0. The number of aliphatic hydroxyl groups is 1. The highest BCUT2D eigenvalue weighted by atomic mass is 19.1. The SMILES string of the molecule is CNCc1ccc(F)c(OC)c1.Cc1nc(C=O)cc(C2=NOC(c3ccc(CO)cc3)C2)n1. The van der Waals surface area contributed by atoms with Crippen molar-refractivity contribution >= 4 is 12.0 Å². The van der Waals surface area contributed by atoms with Gasteiger partial charge in [0.25, 0.3) is 0 Å². The quantitative estimate of drug-likeness (QED) is 0.513. The summed E-state index contributed by atoms with van der Waals surface area (Å²) in [5, 5.41) is 16.1. The number of aliphatic hydroxyl groups excluding tert-OH is 1. The molecule has 2 aromatic carbocycles. The molecule has 2 N–H and O–H groups in total. The number of nitrogens with zero attached hydrogens (tertiary/aromatic N) is 3. The summed E-state index contributed by atoms with van der Waals surface area (Å²) in [6.07, 6.45) is 1.09. The summed E-state index contributed by atoms with van der Waals surface area (Å²) in [7, 11) is 3.30. The summed E-state index contributed by atoms with van der Waals surface area (Å²) in [6.45, 7) is 2.47. The van der Waals surface area contributed by atoms with E-state index in [-0.39, 0.29) is 18.5 Å². The Balaban J connectivity index is 0.000000229. The summed E-state index contributed by atoms with van der Waals surface area (Å²) in [5.41, 5.74) is 4.49. The standard InChI is InChI=1S/C16H15N3O3.C9H12FNO/c1-10-17-13(9-21)6-14(18-10)15-7-16(22-19-15)12-4-2-11(8-20)3-5-12;1-11-6-7-3-4-8(10)9(5-7)12-2/h2-6,9,16,20H,7-8H2,1H3;3-5,11H,6H2,1-2H3. The van der Waals surface area contributed by atoms with E-state index in [0.29, 0.717) is 41.4 Å². The number of rotatable bonds is 7. The smallest absolute Gasteiger partial charge is 0.168 e. The minimum absolute atomic E-state index is 0.0161. The van der Waals surface area contributed by atoms with Crippen LogP contribution in [0.5, 0.6) is 5.75 Å². The molecule has 0 amide bonds. The lowest BCUT2D eigenvalue weighted by atomic mass is 10.0. The summed E-state index contributed by atoms with van der Waals surface area (Å²) in [4.78, 5) is 24.7. The van der Waals surface area contributed by atoms with Crippen LogP contribution in [0.2, 0.25) is 0 Å². The number of ether oxygens (including phenoxy) is 1. The van der Waals surface area contributed by atoms with E-state index in [0.717, 1.165) is 23.2 Å². The number of aryl methyl sites for hydroxylation is 1. The number of carbonyl (C=O) groups excluding carboxylic acids is 1. The molecule has 1 unspecified atom stereocenters. The van der Waals surface area contributed by atoms with Crippen LogP contribution in [0.1, 0.15) is 51.2 Å². The molecule has 1 atom stereocenters. The van der Waals surface area contributed by atoms with Crippen LogP contribution >= 0.6 is 0 Å². The van der Waals surface area contributed by atoms with E-state index in [1.807, 2.05) is 31.3 Å². The van der Waals surface area contributed by atoms with E-state index in [1.165, 1.54) is 13.2 Å². The second-order valence-corrected chi connectivity index (χ2v) is 7.58. The first-order valence-electron chi connectivity index (χ1n) is 10.7. The van der Waals surface area contributed by atoms with E-state index in [1.54, 1.807) is 25.1 Å². The molecule has 0 radical (unpaired) electrons. The van der Waals surface area contributed by atoms with Gasteiger partial charge in [-0.05, 0) is 48.9 Å². The van der Waals surface area contributed by atoms with Crippen molar-refractivity contribution < 1.29 is 23.9 Å². The lowest BCUT2D eigenvalue weighted by Crippen LogP contribution is -2.07. The molecule has 9 heteroatoms. The Bertz CT molecular complexity index is 1150. The normalized spacial score (nSPS) is 14.5. The van der Waals surface area contributed by atoms with Gasteiger partial charge in [0.1, 0.15) is 17.2 Å². The zero-order chi connectivity index (χ0) is 24.5. The molecule has 2 heterocycles. The number of aromatic nitrogens is 2. The Morgan fingerprint density at radius 3 is 2.56 bits per heavy atom. The summed E-state index contributed by atoms with van der Waals surface area (Å²) < 4.78 is 17.7. The Morgan fingerprint density at radius 2 is 1.91 bits per heavy atom. The lowest BCUT2D eigenvalue weighted by Gasteiger charge is -2.08. The topological polar surface area (TPSA) is 106 Å². The third kappa shape index (κ3) is 6.43. The molecule has 4 rings (SSSR count). The zero-order valence-corrected chi connectivity index (χ0v) is 19.3. The number of oxime groups is 1. The average Bonchev–Trinajstić information content (AvgIpc) is 3.36. The largest absolute Gasteiger partial charge is 0.494 e. The van der Waals surface area contributed by atoms with Crippen LogP contribution in [0.25, 0.3) is 0 Å². The number of benzene rings is 2. The molecule has 0 aliphatic carbocycles. The highest BCUT2D eigenvalue weighted by Gasteiger charge is 2.25. The van der Waals surface area contributed by atoms with Crippen LogP contribution in [-0.2, 0) is 18.0 Å². The molecule has 34 heavy (non-hydrogen) atoms. The maximum Gasteiger partial charge on any atom is 0.168 e.